The van der Waals surface area contributed by atoms with Gasteiger partial charge >= 0.3 is 0 Å². The summed E-state index contributed by atoms with van der Waals surface area (Å²) in [5.41, 5.74) is 7.76. The van der Waals surface area contributed by atoms with Crippen molar-refractivity contribution in [2.75, 3.05) is 38.2 Å². The quantitative estimate of drug-likeness (QED) is 0.640. The van der Waals surface area contributed by atoms with Gasteiger partial charge in [-0.15, -0.1) is 0 Å². The molecule has 0 spiro atoms. The highest BCUT2D eigenvalue weighted by atomic mass is 16.5. The SMILES string of the molecule is Cc1cc2[nH]c(-c3n[nH]c4c3C[C@@H]3C[C@]3(C)C4)nc2cc1N(C)C(=O)CN1CCO[C@H](C)C1. The van der Waals surface area contributed by atoms with Crippen LogP contribution in [-0.4, -0.2) is 70.4 Å². The molecule has 1 aromatic carbocycles. The molecule has 2 aromatic heterocycles. The number of nitrogens with zero attached hydrogens (tertiary/aromatic N) is 4. The molecule has 3 atom stereocenters. The molecule has 1 aliphatic heterocycles. The van der Waals surface area contributed by atoms with Gasteiger partial charge in [0.15, 0.2) is 5.82 Å². The number of aromatic amines is 2. The van der Waals surface area contributed by atoms with Crippen LogP contribution >= 0.6 is 0 Å². The third kappa shape index (κ3) is 3.56. The number of carbonyl (C=O) groups is 1. The minimum atomic E-state index is 0.0798. The van der Waals surface area contributed by atoms with Crippen LogP contribution in [0.4, 0.5) is 5.69 Å². The molecule has 2 N–H and O–H groups in total. The van der Waals surface area contributed by atoms with E-state index in [1.165, 1.54) is 17.7 Å². The summed E-state index contributed by atoms with van der Waals surface area (Å²) in [5.74, 6) is 1.66. The number of rotatable bonds is 4. The van der Waals surface area contributed by atoms with E-state index in [-0.39, 0.29) is 12.0 Å². The number of aromatic nitrogens is 4. The minimum Gasteiger partial charge on any atom is -0.376 e. The monoisotopic (exact) mass is 448 g/mol. The van der Waals surface area contributed by atoms with Gasteiger partial charge in [-0.25, -0.2) is 4.98 Å². The molecule has 33 heavy (non-hydrogen) atoms. The fourth-order valence-corrected chi connectivity index (χ4v) is 5.75. The van der Waals surface area contributed by atoms with Gasteiger partial charge < -0.3 is 14.6 Å². The Balaban J connectivity index is 1.26. The molecule has 2 aliphatic carbocycles. The van der Waals surface area contributed by atoms with Crippen LogP contribution in [0.3, 0.4) is 0 Å². The first-order valence-electron chi connectivity index (χ1n) is 12.0. The summed E-state index contributed by atoms with van der Waals surface area (Å²) in [4.78, 5) is 25.3. The number of aryl methyl sites for hydroxylation is 1. The summed E-state index contributed by atoms with van der Waals surface area (Å²) >= 11 is 0. The molecular formula is C25H32N6O2. The molecule has 0 radical (unpaired) electrons. The van der Waals surface area contributed by atoms with Gasteiger partial charge in [-0.2, -0.15) is 5.10 Å². The van der Waals surface area contributed by atoms with Crippen molar-refractivity contribution in [3.63, 3.8) is 0 Å². The lowest BCUT2D eigenvalue weighted by Gasteiger charge is -2.32. The average Bonchev–Trinajstić information content (AvgIpc) is 3.05. The number of fused-ring (bicyclic) bond motifs is 3. The van der Waals surface area contributed by atoms with Gasteiger partial charge in [0.1, 0.15) is 5.69 Å². The number of imidazole rings is 1. The fraction of sp³-hybridized carbons (Fsp3) is 0.560. The van der Waals surface area contributed by atoms with Crippen LogP contribution in [0.25, 0.3) is 22.6 Å². The Morgan fingerprint density at radius 3 is 3.06 bits per heavy atom. The lowest BCUT2D eigenvalue weighted by molar-refractivity contribution is -0.121. The molecule has 3 heterocycles. The van der Waals surface area contributed by atoms with Crippen molar-refractivity contribution < 1.29 is 9.53 Å². The van der Waals surface area contributed by atoms with Crippen LogP contribution < -0.4 is 4.90 Å². The Kier molecular flexibility index (Phi) is 4.68. The Morgan fingerprint density at radius 2 is 2.24 bits per heavy atom. The predicted octanol–water partition coefficient (Wildman–Crippen LogP) is 3.07. The number of benzene rings is 1. The first-order valence-corrected chi connectivity index (χ1v) is 12.0. The average molecular weight is 449 g/mol. The molecule has 0 bridgehead atoms. The van der Waals surface area contributed by atoms with Crippen LogP contribution in [0.15, 0.2) is 12.1 Å². The number of ether oxygens (including phenoxy) is 1. The highest BCUT2D eigenvalue weighted by Gasteiger charge is 2.53. The molecule has 6 rings (SSSR count). The van der Waals surface area contributed by atoms with E-state index >= 15 is 0 Å². The summed E-state index contributed by atoms with van der Waals surface area (Å²) < 4.78 is 5.60. The van der Waals surface area contributed by atoms with Crippen LogP contribution in [0.5, 0.6) is 0 Å². The Labute approximate surface area is 193 Å². The molecule has 2 fully saturated rings. The van der Waals surface area contributed by atoms with Crippen molar-refractivity contribution in [3.05, 3.63) is 29.0 Å². The lowest BCUT2D eigenvalue weighted by atomic mass is 9.88. The van der Waals surface area contributed by atoms with Crippen LogP contribution in [0, 0.1) is 18.3 Å². The highest BCUT2D eigenvalue weighted by Crippen LogP contribution is 2.59. The maximum atomic E-state index is 13.0. The molecular weight excluding hydrogens is 416 g/mol. The predicted molar refractivity (Wildman–Crippen MR) is 127 cm³/mol. The van der Waals surface area contributed by atoms with Crippen molar-refractivity contribution in [2.24, 2.45) is 11.3 Å². The number of anilines is 1. The third-order valence-corrected chi connectivity index (χ3v) is 7.97. The minimum absolute atomic E-state index is 0.0798. The number of amides is 1. The normalized spacial score (nSPS) is 26.8. The van der Waals surface area contributed by atoms with E-state index < -0.39 is 0 Å². The van der Waals surface area contributed by atoms with Gasteiger partial charge in [0.2, 0.25) is 5.91 Å². The lowest BCUT2D eigenvalue weighted by Crippen LogP contribution is -2.46. The van der Waals surface area contributed by atoms with Gasteiger partial charge in [-0.1, -0.05) is 6.92 Å². The molecule has 3 aliphatic rings. The standard InChI is InChI=1S/C25H32N6O2/c1-14-7-18-19(9-21(14)30(4)22(32)13-31-5-6-33-15(2)12-31)27-24(26-18)23-17-8-16-10-25(16,3)11-20(17)28-29-23/h7,9,15-16H,5-6,8,10-13H2,1-4H3,(H,26,27)(H,28,29)/t15-,16-,25-/m1/s1. The third-order valence-electron chi connectivity index (χ3n) is 7.97. The van der Waals surface area contributed by atoms with Crippen molar-refractivity contribution in [1.29, 1.82) is 0 Å². The zero-order valence-electron chi connectivity index (χ0n) is 19.9. The Bertz CT molecular complexity index is 1250. The first kappa shape index (κ1) is 20.9. The van der Waals surface area contributed by atoms with Gasteiger partial charge in [-0.3, -0.25) is 14.8 Å². The van der Waals surface area contributed by atoms with Crippen LogP contribution in [-0.2, 0) is 22.4 Å². The first-order chi connectivity index (χ1) is 15.8. The number of hydrogen-bond acceptors (Lipinski definition) is 5. The molecule has 3 aromatic rings. The number of carbonyl (C=O) groups excluding carboxylic acids is 1. The Hall–Kier alpha value is -2.71. The second-order valence-corrected chi connectivity index (χ2v) is 10.6. The maximum absolute atomic E-state index is 13.0. The molecule has 1 amide bonds. The molecule has 0 unspecified atom stereocenters. The highest BCUT2D eigenvalue weighted by molar-refractivity contribution is 5.97. The van der Waals surface area contributed by atoms with Crippen LogP contribution in [0.1, 0.15) is 37.1 Å². The molecule has 8 nitrogen and oxygen atoms in total. The molecule has 174 valence electrons. The molecule has 1 saturated heterocycles. The zero-order chi connectivity index (χ0) is 22.9. The Morgan fingerprint density at radius 1 is 1.39 bits per heavy atom. The fourth-order valence-electron chi connectivity index (χ4n) is 5.75. The topological polar surface area (TPSA) is 90.1 Å². The van der Waals surface area contributed by atoms with E-state index in [9.17, 15) is 4.79 Å². The van der Waals surface area contributed by atoms with E-state index in [0.717, 1.165) is 65.7 Å². The summed E-state index contributed by atoms with van der Waals surface area (Å²) in [6.07, 6.45) is 3.63. The summed E-state index contributed by atoms with van der Waals surface area (Å²) in [6.45, 7) is 9.12. The summed E-state index contributed by atoms with van der Waals surface area (Å²) in [6, 6.07) is 4.10. The number of likely N-dealkylation sites (N-methyl/N-ethyl adjacent to an activating group) is 1. The van der Waals surface area contributed by atoms with E-state index in [1.807, 2.05) is 27.0 Å². The van der Waals surface area contributed by atoms with Gasteiger partial charge in [0.05, 0.1) is 30.3 Å². The summed E-state index contributed by atoms with van der Waals surface area (Å²) in [5, 5.41) is 7.90. The zero-order valence-corrected chi connectivity index (χ0v) is 19.9. The van der Waals surface area contributed by atoms with Gasteiger partial charge in [0, 0.05) is 37.1 Å². The van der Waals surface area contributed by atoms with E-state index in [4.69, 9.17) is 9.72 Å². The van der Waals surface area contributed by atoms with Gasteiger partial charge in [0.25, 0.3) is 0 Å². The smallest absolute Gasteiger partial charge is 0.240 e. The van der Waals surface area contributed by atoms with E-state index in [0.29, 0.717) is 18.6 Å². The number of morpholine rings is 1. The molecule has 8 heteroatoms. The molecule has 1 saturated carbocycles. The second kappa shape index (κ2) is 7.40. The largest absolute Gasteiger partial charge is 0.376 e. The van der Waals surface area contributed by atoms with Crippen molar-refractivity contribution in [3.8, 4) is 11.5 Å². The van der Waals surface area contributed by atoms with E-state index in [1.54, 1.807) is 4.90 Å². The second-order valence-electron chi connectivity index (χ2n) is 10.6. The van der Waals surface area contributed by atoms with Crippen LogP contribution in [0.2, 0.25) is 0 Å². The number of hydrogen-bond donors (Lipinski definition) is 2. The number of nitrogens with one attached hydrogen (secondary N) is 2. The van der Waals surface area contributed by atoms with Crippen molar-refractivity contribution in [1.82, 2.24) is 25.1 Å². The number of H-pyrrole nitrogens is 2. The van der Waals surface area contributed by atoms with Crippen molar-refractivity contribution >= 4 is 22.6 Å². The summed E-state index contributed by atoms with van der Waals surface area (Å²) in [7, 11) is 1.85. The van der Waals surface area contributed by atoms with Crippen molar-refractivity contribution in [2.45, 2.75) is 46.1 Å². The van der Waals surface area contributed by atoms with E-state index in [2.05, 4.69) is 33.1 Å². The maximum Gasteiger partial charge on any atom is 0.240 e. The van der Waals surface area contributed by atoms with Gasteiger partial charge in [-0.05, 0) is 62.1 Å².